The Bertz CT molecular complexity index is 464. The fourth-order valence-electron chi connectivity index (χ4n) is 3.37. The minimum Gasteiger partial charge on any atom is -0.373 e. The van der Waals surface area contributed by atoms with Crippen molar-refractivity contribution in [2.24, 2.45) is 11.7 Å². The van der Waals surface area contributed by atoms with E-state index in [1.54, 1.807) is 12.1 Å². The first-order chi connectivity index (χ1) is 9.48. The smallest absolute Gasteiger partial charge is 0.128 e. The van der Waals surface area contributed by atoms with Crippen LogP contribution in [0.5, 0.6) is 0 Å². The summed E-state index contributed by atoms with van der Waals surface area (Å²) in [6, 6.07) is 4.51. The summed E-state index contributed by atoms with van der Waals surface area (Å²) in [5, 5.41) is 0. The zero-order valence-electron chi connectivity index (χ0n) is 12.2. The molecule has 1 aliphatic rings. The van der Waals surface area contributed by atoms with Crippen molar-refractivity contribution in [2.45, 2.75) is 51.2 Å². The molecule has 3 unspecified atom stereocenters. The number of ether oxygens (including phenoxy) is 1. The Balaban J connectivity index is 2.35. The van der Waals surface area contributed by atoms with Crippen LogP contribution in [-0.2, 0) is 4.74 Å². The van der Waals surface area contributed by atoms with Crippen molar-refractivity contribution >= 4 is 15.9 Å². The molecule has 20 heavy (non-hydrogen) atoms. The quantitative estimate of drug-likeness (QED) is 0.868. The molecule has 1 saturated carbocycles. The van der Waals surface area contributed by atoms with E-state index in [1.807, 2.05) is 6.92 Å². The predicted octanol–water partition coefficient (Wildman–Crippen LogP) is 4.57. The molecule has 0 amide bonds. The Kier molecular flexibility index (Phi) is 5.21. The van der Waals surface area contributed by atoms with E-state index in [0.717, 1.165) is 23.7 Å². The van der Waals surface area contributed by atoms with Crippen LogP contribution in [0.1, 0.15) is 51.1 Å². The summed E-state index contributed by atoms with van der Waals surface area (Å²) in [6.07, 6.45) is 4.08. The summed E-state index contributed by atoms with van der Waals surface area (Å²) < 4.78 is 21.0. The van der Waals surface area contributed by atoms with Crippen LogP contribution >= 0.6 is 15.9 Å². The van der Waals surface area contributed by atoms with Gasteiger partial charge in [0.1, 0.15) is 5.82 Å². The number of benzene rings is 1. The van der Waals surface area contributed by atoms with Crippen LogP contribution in [0.2, 0.25) is 0 Å². The second-order valence-electron chi connectivity index (χ2n) is 5.84. The third kappa shape index (κ3) is 3.23. The molecule has 0 aliphatic heterocycles. The van der Waals surface area contributed by atoms with E-state index in [9.17, 15) is 4.39 Å². The van der Waals surface area contributed by atoms with Crippen LogP contribution in [0.15, 0.2) is 22.7 Å². The first kappa shape index (κ1) is 15.9. The maximum absolute atomic E-state index is 14.1. The van der Waals surface area contributed by atoms with E-state index in [1.165, 1.54) is 12.5 Å². The normalized spacial score (nSPS) is 28.4. The Morgan fingerprint density at radius 1 is 1.55 bits per heavy atom. The van der Waals surface area contributed by atoms with E-state index >= 15 is 0 Å². The van der Waals surface area contributed by atoms with Gasteiger partial charge in [0.25, 0.3) is 0 Å². The van der Waals surface area contributed by atoms with Gasteiger partial charge in [0.15, 0.2) is 0 Å². The zero-order chi connectivity index (χ0) is 14.8. The monoisotopic (exact) mass is 343 g/mol. The average Bonchev–Trinajstić information content (AvgIpc) is 2.41. The topological polar surface area (TPSA) is 35.2 Å². The van der Waals surface area contributed by atoms with Gasteiger partial charge in [-0.1, -0.05) is 35.7 Å². The number of nitrogens with two attached hydrogens (primary N) is 1. The molecular formula is C16H23BrFNO. The van der Waals surface area contributed by atoms with Gasteiger partial charge in [-0.25, -0.2) is 4.39 Å². The third-order valence-corrected chi connectivity index (χ3v) is 4.78. The molecule has 2 N–H and O–H groups in total. The highest BCUT2D eigenvalue weighted by atomic mass is 79.9. The summed E-state index contributed by atoms with van der Waals surface area (Å²) in [5.41, 5.74) is 6.54. The number of halogens is 2. The molecule has 3 atom stereocenters. The first-order valence-electron chi connectivity index (χ1n) is 7.33. The Labute approximate surface area is 129 Å². The van der Waals surface area contributed by atoms with Gasteiger partial charge < -0.3 is 10.5 Å². The Morgan fingerprint density at radius 2 is 2.30 bits per heavy atom. The first-order valence-corrected chi connectivity index (χ1v) is 8.12. The number of rotatable bonds is 4. The van der Waals surface area contributed by atoms with Gasteiger partial charge in [0, 0.05) is 16.6 Å². The summed E-state index contributed by atoms with van der Waals surface area (Å²) in [4.78, 5) is 0. The maximum atomic E-state index is 14.1. The Morgan fingerprint density at radius 3 is 2.95 bits per heavy atom. The fourth-order valence-corrected chi connectivity index (χ4v) is 3.75. The second-order valence-corrected chi connectivity index (χ2v) is 6.76. The van der Waals surface area contributed by atoms with Crippen LogP contribution in [0.4, 0.5) is 4.39 Å². The lowest BCUT2D eigenvalue weighted by atomic mass is 9.73. The van der Waals surface area contributed by atoms with Crippen LogP contribution in [-0.4, -0.2) is 12.2 Å². The predicted molar refractivity (Wildman–Crippen MR) is 83.0 cm³/mol. The molecule has 1 aromatic carbocycles. The minimum atomic E-state index is -0.436. The van der Waals surface area contributed by atoms with E-state index in [-0.39, 0.29) is 5.82 Å². The summed E-state index contributed by atoms with van der Waals surface area (Å²) in [6.45, 7) is 4.80. The van der Waals surface area contributed by atoms with Gasteiger partial charge in [0.05, 0.1) is 11.6 Å². The zero-order valence-corrected chi connectivity index (χ0v) is 13.7. The summed E-state index contributed by atoms with van der Waals surface area (Å²) in [5.74, 6) is 0.314. The van der Waals surface area contributed by atoms with Gasteiger partial charge in [-0.3, -0.25) is 0 Å². The number of hydrogen-bond acceptors (Lipinski definition) is 2. The molecule has 1 aromatic rings. The van der Waals surface area contributed by atoms with Crippen molar-refractivity contribution < 1.29 is 9.13 Å². The third-order valence-electron chi connectivity index (χ3n) is 4.28. The van der Waals surface area contributed by atoms with Gasteiger partial charge in [0.2, 0.25) is 0 Å². The average molecular weight is 344 g/mol. The second kappa shape index (κ2) is 6.54. The van der Waals surface area contributed by atoms with Gasteiger partial charge in [-0.15, -0.1) is 0 Å². The molecule has 0 saturated heterocycles. The molecule has 4 heteroatoms. The van der Waals surface area contributed by atoms with Crippen LogP contribution in [0.3, 0.4) is 0 Å². The van der Waals surface area contributed by atoms with E-state index in [2.05, 4.69) is 22.9 Å². The van der Waals surface area contributed by atoms with Crippen molar-refractivity contribution in [3.05, 3.63) is 34.1 Å². The van der Waals surface area contributed by atoms with Gasteiger partial charge >= 0.3 is 0 Å². The Hall–Kier alpha value is -0.450. The molecule has 0 bridgehead atoms. The molecule has 2 rings (SSSR count). The molecule has 1 aliphatic carbocycles. The standard InChI is InChI=1S/C16H23BrFNO/c1-3-20-16(8-4-5-11(2)10-16)15(19)13-9-12(17)6-7-14(13)18/h6-7,9,11,15H,3-5,8,10,19H2,1-2H3. The summed E-state index contributed by atoms with van der Waals surface area (Å²) in [7, 11) is 0. The van der Waals surface area contributed by atoms with Crippen molar-refractivity contribution in [3.8, 4) is 0 Å². The lowest BCUT2D eigenvalue weighted by Crippen LogP contribution is -2.47. The van der Waals surface area contributed by atoms with E-state index < -0.39 is 11.6 Å². The van der Waals surface area contributed by atoms with Crippen LogP contribution < -0.4 is 5.73 Å². The highest BCUT2D eigenvalue weighted by molar-refractivity contribution is 9.10. The maximum Gasteiger partial charge on any atom is 0.128 e. The lowest BCUT2D eigenvalue weighted by molar-refractivity contribution is -0.0944. The van der Waals surface area contributed by atoms with Gasteiger partial charge in [-0.05, 0) is 43.9 Å². The number of hydrogen-bond donors (Lipinski definition) is 1. The fraction of sp³-hybridized carbons (Fsp3) is 0.625. The molecule has 1 fully saturated rings. The molecule has 112 valence electrons. The summed E-state index contributed by atoms with van der Waals surface area (Å²) >= 11 is 3.39. The van der Waals surface area contributed by atoms with Crippen LogP contribution in [0, 0.1) is 11.7 Å². The largest absolute Gasteiger partial charge is 0.373 e. The SMILES string of the molecule is CCOC1(C(N)c2cc(Br)ccc2F)CCCC(C)C1. The highest BCUT2D eigenvalue weighted by Gasteiger charge is 2.42. The lowest BCUT2D eigenvalue weighted by Gasteiger charge is -2.44. The van der Waals surface area contributed by atoms with Gasteiger partial charge in [-0.2, -0.15) is 0 Å². The molecule has 0 aromatic heterocycles. The van der Waals surface area contributed by atoms with Crippen molar-refractivity contribution in [1.29, 1.82) is 0 Å². The molecule has 0 heterocycles. The van der Waals surface area contributed by atoms with Crippen molar-refractivity contribution in [3.63, 3.8) is 0 Å². The molecule has 0 radical (unpaired) electrons. The van der Waals surface area contributed by atoms with E-state index in [4.69, 9.17) is 10.5 Å². The van der Waals surface area contributed by atoms with Crippen molar-refractivity contribution in [1.82, 2.24) is 0 Å². The molecule has 2 nitrogen and oxygen atoms in total. The highest BCUT2D eigenvalue weighted by Crippen LogP contribution is 2.43. The van der Waals surface area contributed by atoms with Crippen molar-refractivity contribution in [2.75, 3.05) is 6.61 Å². The van der Waals surface area contributed by atoms with E-state index in [0.29, 0.717) is 18.1 Å². The minimum absolute atomic E-state index is 0.252. The molecule has 0 spiro atoms. The molecular weight excluding hydrogens is 321 g/mol. The van der Waals surface area contributed by atoms with Crippen LogP contribution in [0.25, 0.3) is 0 Å².